The van der Waals surface area contributed by atoms with Gasteiger partial charge in [0.25, 0.3) is 0 Å². The van der Waals surface area contributed by atoms with Crippen molar-refractivity contribution in [1.82, 2.24) is 5.32 Å². The normalized spacial score (nSPS) is 32.5. The van der Waals surface area contributed by atoms with Crippen molar-refractivity contribution in [2.75, 3.05) is 6.61 Å². The van der Waals surface area contributed by atoms with Gasteiger partial charge in [0.05, 0.1) is 18.2 Å². The van der Waals surface area contributed by atoms with Crippen molar-refractivity contribution in [1.29, 1.82) is 0 Å². The van der Waals surface area contributed by atoms with Gasteiger partial charge in [-0.1, -0.05) is 20.8 Å². The van der Waals surface area contributed by atoms with E-state index in [1.165, 1.54) is 0 Å². The first kappa shape index (κ1) is 11.9. The topological polar surface area (TPSA) is 58.6 Å². The van der Waals surface area contributed by atoms with Crippen LogP contribution in [-0.4, -0.2) is 35.4 Å². The number of aliphatic hydroxyl groups excluding tert-OH is 1. The zero-order chi connectivity index (χ0) is 12.0. The van der Waals surface area contributed by atoms with Crippen LogP contribution in [0.15, 0.2) is 0 Å². The SMILES string of the molecule is CC(C)(C)C(=O)NC1COC2(CCC2)C1O. The molecule has 2 aliphatic rings. The van der Waals surface area contributed by atoms with E-state index < -0.39 is 11.5 Å². The van der Waals surface area contributed by atoms with Gasteiger partial charge in [0.15, 0.2) is 0 Å². The van der Waals surface area contributed by atoms with Crippen LogP contribution in [0.2, 0.25) is 0 Å². The summed E-state index contributed by atoms with van der Waals surface area (Å²) >= 11 is 0. The van der Waals surface area contributed by atoms with Crippen molar-refractivity contribution in [2.45, 2.75) is 57.8 Å². The first-order valence-electron chi connectivity index (χ1n) is 5.98. The second-order valence-corrected chi connectivity index (χ2v) is 6.00. The van der Waals surface area contributed by atoms with Crippen LogP contribution in [0.3, 0.4) is 0 Å². The Morgan fingerprint density at radius 2 is 2.06 bits per heavy atom. The third kappa shape index (κ3) is 1.84. The zero-order valence-corrected chi connectivity index (χ0v) is 10.2. The molecule has 0 aromatic rings. The predicted octanol–water partition coefficient (Wildman–Crippen LogP) is 0.831. The van der Waals surface area contributed by atoms with Crippen molar-refractivity contribution in [3.8, 4) is 0 Å². The summed E-state index contributed by atoms with van der Waals surface area (Å²) in [5.41, 5.74) is -0.773. The molecule has 0 radical (unpaired) electrons. The second-order valence-electron chi connectivity index (χ2n) is 6.00. The van der Waals surface area contributed by atoms with E-state index in [-0.39, 0.29) is 17.6 Å². The monoisotopic (exact) mass is 227 g/mol. The Bertz CT molecular complexity index is 291. The maximum Gasteiger partial charge on any atom is 0.225 e. The fourth-order valence-electron chi connectivity index (χ4n) is 2.27. The minimum Gasteiger partial charge on any atom is -0.388 e. The summed E-state index contributed by atoms with van der Waals surface area (Å²) in [7, 11) is 0. The molecule has 92 valence electrons. The summed E-state index contributed by atoms with van der Waals surface area (Å²) in [6.07, 6.45) is 2.39. The van der Waals surface area contributed by atoms with E-state index in [1.807, 2.05) is 20.8 Å². The molecule has 1 amide bonds. The Hall–Kier alpha value is -0.610. The summed E-state index contributed by atoms with van der Waals surface area (Å²) in [6, 6.07) is -0.243. The molecule has 1 aliphatic carbocycles. The van der Waals surface area contributed by atoms with Crippen molar-refractivity contribution in [2.24, 2.45) is 5.41 Å². The second kappa shape index (κ2) is 3.70. The van der Waals surface area contributed by atoms with E-state index in [0.717, 1.165) is 19.3 Å². The van der Waals surface area contributed by atoms with Gasteiger partial charge in [0.2, 0.25) is 5.91 Å². The van der Waals surface area contributed by atoms with Gasteiger partial charge in [-0.2, -0.15) is 0 Å². The highest BCUT2D eigenvalue weighted by molar-refractivity contribution is 5.81. The molecular weight excluding hydrogens is 206 g/mol. The minimum atomic E-state index is -0.549. The highest BCUT2D eigenvalue weighted by atomic mass is 16.5. The zero-order valence-electron chi connectivity index (χ0n) is 10.2. The van der Waals surface area contributed by atoms with Gasteiger partial charge in [0.1, 0.15) is 6.10 Å². The number of carbonyl (C=O) groups excluding carboxylic acids is 1. The minimum absolute atomic E-state index is 0.0310. The largest absolute Gasteiger partial charge is 0.388 e. The lowest BCUT2D eigenvalue weighted by molar-refractivity contribution is -0.130. The van der Waals surface area contributed by atoms with Crippen LogP contribution in [0.5, 0.6) is 0 Å². The van der Waals surface area contributed by atoms with E-state index in [2.05, 4.69) is 5.32 Å². The Labute approximate surface area is 96.4 Å². The molecule has 2 unspecified atom stereocenters. The first-order valence-corrected chi connectivity index (χ1v) is 5.98. The number of aliphatic hydroxyl groups is 1. The lowest BCUT2D eigenvalue weighted by Crippen LogP contribution is -2.54. The average Bonchev–Trinajstić information content (AvgIpc) is 2.42. The van der Waals surface area contributed by atoms with Crippen LogP contribution in [-0.2, 0) is 9.53 Å². The molecule has 1 saturated carbocycles. The molecule has 16 heavy (non-hydrogen) atoms. The van der Waals surface area contributed by atoms with Crippen LogP contribution < -0.4 is 5.32 Å². The molecule has 1 aliphatic heterocycles. The van der Waals surface area contributed by atoms with Crippen molar-refractivity contribution < 1.29 is 14.6 Å². The van der Waals surface area contributed by atoms with E-state index in [1.54, 1.807) is 0 Å². The number of hydrogen-bond acceptors (Lipinski definition) is 3. The summed E-state index contributed by atoms with van der Waals surface area (Å²) in [6.45, 7) is 6.03. The van der Waals surface area contributed by atoms with Crippen LogP contribution in [0.25, 0.3) is 0 Å². The molecule has 4 heteroatoms. The van der Waals surface area contributed by atoms with Crippen LogP contribution in [0, 0.1) is 5.41 Å². The predicted molar refractivity (Wildman–Crippen MR) is 59.9 cm³/mol. The fraction of sp³-hybridized carbons (Fsp3) is 0.917. The quantitative estimate of drug-likeness (QED) is 0.697. The van der Waals surface area contributed by atoms with Crippen LogP contribution >= 0.6 is 0 Å². The smallest absolute Gasteiger partial charge is 0.225 e. The number of nitrogens with one attached hydrogen (secondary N) is 1. The molecule has 2 fully saturated rings. The lowest BCUT2D eigenvalue weighted by Gasteiger charge is -2.40. The standard InChI is InChI=1S/C12H21NO3/c1-11(2,3)10(15)13-8-7-16-12(9(8)14)5-4-6-12/h8-9,14H,4-7H2,1-3H3,(H,13,15). The molecule has 0 aromatic heterocycles. The van der Waals surface area contributed by atoms with Gasteiger partial charge in [-0.05, 0) is 19.3 Å². The Balaban J connectivity index is 1.95. The number of ether oxygens (including phenoxy) is 1. The van der Waals surface area contributed by atoms with E-state index in [0.29, 0.717) is 6.61 Å². The summed E-state index contributed by atoms with van der Waals surface area (Å²) in [5.74, 6) is -0.0310. The molecule has 2 atom stereocenters. The summed E-state index contributed by atoms with van der Waals surface area (Å²) in [4.78, 5) is 11.8. The van der Waals surface area contributed by atoms with Gasteiger partial charge < -0.3 is 15.2 Å². The maximum atomic E-state index is 11.8. The average molecular weight is 227 g/mol. The first-order chi connectivity index (χ1) is 7.35. The molecule has 1 heterocycles. The molecule has 2 N–H and O–H groups in total. The third-order valence-corrected chi connectivity index (χ3v) is 3.67. The van der Waals surface area contributed by atoms with E-state index >= 15 is 0 Å². The van der Waals surface area contributed by atoms with E-state index in [4.69, 9.17) is 4.74 Å². The van der Waals surface area contributed by atoms with Gasteiger partial charge in [-0.25, -0.2) is 0 Å². The van der Waals surface area contributed by atoms with Crippen molar-refractivity contribution in [3.63, 3.8) is 0 Å². The molecule has 1 spiro atoms. The number of hydrogen-bond donors (Lipinski definition) is 2. The van der Waals surface area contributed by atoms with Crippen molar-refractivity contribution >= 4 is 5.91 Å². The van der Waals surface area contributed by atoms with Gasteiger partial charge in [0, 0.05) is 5.41 Å². The van der Waals surface area contributed by atoms with Gasteiger partial charge >= 0.3 is 0 Å². The molecule has 2 rings (SSSR count). The van der Waals surface area contributed by atoms with Crippen molar-refractivity contribution in [3.05, 3.63) is 0 Å². The summed E-state index contributed by atoms with van der Waals surface area (Å²) < 4.78 is 5.65. The van der Waals surface area contributed by atoms with Gasteiger partial charge in [-0.3, -0.25) is 4.79 Å². The van der Waals surface area contributed by atoms with Crippen LogP contribution in [0.4, 0.5) is 0 Å². The molecule has 4 nitrogen and oxygen atoms in total. The maximum absolute atomic E-state index is 11.8. The van der Waals surface area contributed by atoms with Crippen LogP contribution in [0.1, 0.15) is 40.0 Å². The number of carbonyl (C=O) groups is 1. The molecule has 0 aromatic carbocycles. The molecule has 1 saturated heterocycles. The highest BCUT2D eigenvalue weighted by Gasteiger charge is 2.53. The lowest BCUT2D eigenvalue weighted by atomic mass is 9.75. The third-order valence-electron chi connectivity index (χ3n) is 3.67. The fourth-order valence-corrected chi connectivity index (χ4v) is 2.27. The van der Waals surface area contributed by atoms with Gasteiger partial charge in [-0.15, -0.1) is 0 Å². The Kier molecular flexibility index (Phi) is 2.75. The highest BCUT2D eigenvalue weighted by Crippen LogP contribution is 2.43. The number of amides is 1. The molecular formula is C12H21NO3. The molecule has 0 bridgehead atoms. The summed E-state index contributed by atoms with van der Waals surface area (Å²) in [5, 5.41) is 13.0. The number of rotatable bonds is 1. The Morgan fingerprint density at radius 1 is 1.44 bits per heavy atom. The Morgan fingerprint density at radius 3 is 2.44 bits per heavy atom. The van der Waals surface area contributed by atoms with E-state index in [9.17, 15) is 9.90 Å².